The smallest absolute Gasteiger partial charge is 0.241 e. The summed E-state index contributed by atoms with van der Waals surface area (Å²) in [6.07, 6.45) is 0.970. The number of ether oxygens (including phenoxy) is 2. The van der Waals surface area contributed by atoms with E-state index in [1.165, 1.54) is 10.9 Å². The van der Waals surface area contributed by atoms with Gasteiger partial charge in [0.2, 0.25) is 11.3 Å². The predicted molar refractivity (Wildman–Crippen MR) is 95.4 cm³/mol. The minimum Gasteiger partial charge on any atom is -0.486 e. The predicted octanol–water partition coefficient (Wildman–Crippen LogP) is 1.35. The van der Waals surface area contributed by atoms with Crippen LogP contribution >= 0.6 is 0 Å². The van der Waals surface area contributed by atoms with Crippen LogP contribution < -0.4 is 20.2 Å². The number of aromatic nitrogens is 2. The van der Waals surface area contributed by atoms with Crippen molar-refractivity contribution in [2.45, 2.75) is 12.6 Å². The van der Waals surface area contributed by atoms with E-state index < -0.39 is 0 Å². The highest BCUT2D eigenvalue weighted by Crippen LogP contribution is 2.30. The molecule has 26 heavy (non-hydrogen) atoms. The van der Waals surface area contributed by atoms with Gasteiger partial charge in [0.05, 0.1) is 18.3 Å². The van der Waals surface area contributed by atoms with Crippen LogP contribution in [0.25, 0.3) is 10.9 Å². The zero-order valence-electron chi connectivity index (χ0n) is 13.9. The maximum absolute atomic E-state index is 12.3. The van der Waals surface area contributed by atoms with Crippen LogP contribution in [0.3, 0.4) is 0 Å². The molecule has 0 saturated heterocycles. The fourth-order valence-electron chi connectivity index (χ4n) is 2.87. The van der Waals surface area contributed by atoms with Gasteiger partial charge in [-0.05, 0) is 24.3 Å². The Morgan fingerprint density at radius 2 is 1.92 bits per heavy atom. The molecule has 7 heteroatoms. The second-order valence-electron chi connectivity index (χ2n) is 5.99. The van der Waals surface area contributed by atoms with Crippen molar-refractivity contribution in [3.63, 3.8) is 0 Å². The molecule has 0 spiro atoms. The number of benzene rings is 2. The Balaban J connectivity index is 1.40. The van der Waals surface area contributed by atoms with Crippen molar-refractivity contribution in [2.24, 2.45) is 0 Å². The van der Waals surface area contributed by atoms with Crippen molar-refractivity contribution in [1.29, 1.82) is 0 Å². The molecule has 1 N–H and O–H groups in total. The van der Waals surface area contributed by atoms with E-state index in [1.807, 2.05) is 30.3 Å². The third-order valence-corrected chi connectivity index (χ3v) is 4.15. The molecule has 0 unspecified atom stereocenters. The van der Waals surface area contributed by atoms with E-state index >= 15 is 0 Å². The highest BCUT2D eigenvalue weighted by molar-refractivity contribution is 5.81. The van der Waals surface area contributed by atoms with Gasteiger partial charge in [0.25, 0.3) is 0 Å². The molecule has 0 fully saturated rings. The van der Waals surface area contributed by atoms with Crippen LogP contribution in [0.15, 0.2) is 59.5 Å². The van der Waals surface area contributed by atoms with Crippen LogP contribution in [0.2, 0.25) is 0 Å². The Hall–Kier alpha value is -3.35. The SMILES string of the molecule is O=C(Cn1ncc(=O)c2ccccc21)NC[C@@H]1COc2ccccc2O1. The number of carbonyl (C=O) groups excluding carboxylic acids is 1. The Morgan fingerprint density at radius 3 is 2.81 bits per heavy atom. The molecule has 1 atom stereocenters. The van der Waals surface area contributed by atoms with Crippen LogP contribution in [0.4, 0.5) is 0 Å². The van der Waals surface area contributed by atoms with Crippen molar-refractivity contribution in [2.75, 3.05) is 13.2 Å². The maximum atomic E-state index is 12.3. The fourth-order valence-corrected chi connectivity index (χ4v) is 2.87. The van der Waals surface area contributed by atoms with Gasteiger partial charge in [-0.1, -0.05) is 24.3 Å². The molecular weight excluding hydrogens is 334 g/mol. The van der Waals surface area contributed by atoms with E-state index in [4.69, 9.17) is 9.47 Å². The molecule has 1 amide bonds. The van der Waals surface area contributed by atoms with Crippen LogP contribution in [0.5, 0.6) is 11.5 Å². The maximum Gasteiger partial charge on any atom is 0.241 e. The Bertz CT molecular complexity index is 1010. The van der Waals surface area contributed by atoms with Crippen LogP contribution in [-0.4, -0.2) is 34.9 Å². The largest absolute Gasteiger partial charge is 0.486 e. The van der Waals surface area contributed by atoms with Crippen LogP contribution in [0, 0.1) is 0 Å². The molecule has 0 saturated carbocycles. The van der Waals surface area contributed by atoms with Crippen molar-refractivity contribution in [3.05, 3.63) is 65.0 Å². The molecule has 4 rings (SSSR count). The van der Waals surface area contributed by atoms with E-state index in [9.17, 15) is 9.59 Å². The van der Waals surface area contributed by atoms with Crippen molar-refractivity contribution in [1.82, 2.24) is 15.1 Å². The number of fused-ring (bicyclic) bond motifs is 2. The monoisotopic (exact) mass is 351 g/mol. The minimum atomic E-state index is -0.257. The van der Waals surface area contributed by atoms with Gasteiger partial charge in [-0.25, -0.2) is 0 Å². The first-order valence-electron chi connectivity index (χ1n) is 8.31. The fraction of sp³-hybridized carbons (Fsp3) is 0.211. The topological polar surface area (TPSA) is 82.5 Å². The van der Waals surface area contributed by atoms with E-state index in [0.717, 1.165) is 0 Å². The number of hydrogen-bond acceptors (Lipinski definition) is 5. The number of nitrogens with one attached hydrogen (secondary N) is 1. The van der Waals surface area contributed by atoms with E-state index in [-0.39, 0.29) is 24.0 Å². The molecular formula is C19H17N3O4. The molecule has 0 aliphatic carbocycles. The van der Waals surface area contributed by atoms with Gasteiger partial charge in [-0.3, -0.25) is 14.3 Å². The third kappa shape index (κ3) is 3.23. The normalized spacial score (nSPS) is 15.6. The molecule has 7 nitrogen and oxygen atoms in total. The number of para-hydroxylation sites is 3. The van der Waals surface area contributed by atoms with Gasteiger partial charge in [0, 0.05) is 5.39 Å². The Kier molecular flexibility index (Phi) is 4.27. The van der Waals surface area contributed by atoms with E-state index in [1.54, 1.807) is 18.2 Å². The number of rotatable bonds is 4. The second-order valence-corrected chi connectivity index (χ2v) is 5.99. The van der Waals surface area contributed by atoms with Gasteiger partial charge in [0.15, 0.2) is 11.5 Å². The van der Waals surface area contributed by atoms with Gasteiger partial charge < -0.3 is 14.8 Å². The third-order valence-electron chi connectivity index (χ3n) is 4.15. The van der Waals surface area contributed by atoms with Crippen LogP contribution in [-0.2, 0) is 11.3 Å². The van der Waals surface area contributed by atoms with E-state index in [2.05, 4.69) is 10.4 Å². The summed E-state index contributed by atoms with van der Waals surface area (Å²) in [5.74, 6) is 1.17. The highest BCUT2D eigenvalue weighted by Gasteiger charge is 2.21. The number of hydrogen-bond donors (Lipinski definition) is 1. The van der Waals surface area contributed by atoms with Crippen molar-refractivity contribution >= 4 is 16.8 Å². The molecule has 0 bridgehead atoms. The lowest BCUT2D eigenvalue weighted by atomic mass is 10.2. The average Bonchev–Trinajstić information content (AvgIpc) is 2.68. The summed E-state index contributed by atoms with van der Waals surface area (Å²) >= 11 is 0. The highest BCUT2D eigenvalue weighted by atomic mass is 16.6. The van der Waals surface area contributed by atoms with Gasteiger partial charge in [-0.15, -0.1) is 0 Å². The minimum absolute atomic E-state index is 0.0188. The summed E-state index contributed by atoms with van der Waals surface area (Å²) < 4.78 is 13.0. The summed E-state index contributed by atoms with van der Waals surface area (Å²) in [7, 11) is 0. The number of nitrogens with zero attached hydrogens (tertiary/aromatic N) is 2. The van der Waals surface area contributed by atoms with Crippen molar-refractivity contribution < 1.29 is 14.3 Å². The molecule has 1 aliphatic rings. The van der Waals surface area contributed by atoms with E-state index in [0.29, 0.717) is 35.6 Å². The second kappa shape index (κ2) is 6.87. The summed E-state index contributed by atoms with van der Waals surface area (Å²) in [6, 6.07) is 14.5. The summed E-state index contributed by atoms with van der Waals surface area (Å²) in [6.45, 7) is 0.715. The lowest BCUT2D eigenvalue weighted by Gasteiger charge is -2.26. The number of carbonyl (C=O) groups is 1. The van der Waals surface area contributed by atoms with Gasteiger partial charge >= 0.3 is 0 Å². The summed E-state index contributed by atoms with van der Waals surface area (Å²) in [5.41, 5.74) is 0.463. The first-order chi connectivity index (χ1) is 12.7. The standard InChI is InChI=1S/C19H17N3O4/c23-16-10-21-22(15-6-2-1-5-14(15)16)11-19(24)20-9-13-12-25-17-7-3-4-8-18(17)26-13/h1-8,10,13H,9,11-12H2,(H,20,24)/t13-/m1/s1. The lowest BCUT2D eigenvalue weighted by Crippen LogP contribution is -2.41. The van der Waals surface area contributed by atoms with Gasteiger partial charge in [0.1, 0.15) is 19.3 Å². The average molecular weight is 351 g/mol. The zero-order chi connectivity index (χ0) is 17.9. The van der Waals surface area contributed by atoms with Crippen molar-refractivity contribution in [3.8, 4) is 11.5 Å². The summed E-state index contributed by atoms with van der Waals surface area (Å²) in [5, 5.41) is 7.42. The molecule has 1 aromatic heterocycles. The first kappa shape index (κ1) is 16.1. The first-order valence-corrected chi connectivity index (χ1v) is 8.31. The lowest BCUT2D eigenvalue weighted by molar-refractivity contribution is -0.122. The Morgan fingerprint density at radius 1 is 1.15 bits per heavy atom. The molecule has 0 radical (unpaired) electrons. The molecule has 132 valence electrons. The van der Waals surface area contributed by atoms with Gasteiger partial charge in [-0.2, -0.15) is 5.10 Å². The quantitative estimate of drug-likeness (QED) is 0.767. The van der Waals surface area contributed by atoms with Crippen LogP contribution in [0.1, 0.15) is 0 Å². The zero-order valence-corrected chi connectivity index (χ0v) is 13.9. The molecule has 1 aliphatic heterocycles. The Labute approximate surface area is 149 Å². The molecule has 2 heterocycles. The molecule has 3 aromatic rings. The molecule has 2 aromatic carbocycles. The number of amides is 1. The summed E-state index contributed by atoms with van der Waals surface area (Å²) in [4.78, 5) is 24.1.